The van der Waals surface area contributed by atoms with Crippen LogP contribution in [0.4, 0.5) is 0 Å². The van der Waals surface area contributed by atoms with Crippen molar-refractivity contribution in [3.05, 3.63) is 48.1 Å². The fraction of sp³-hybridized carbons (Fsp3) is 0.526. The van der Waals surface area contributed by atoms with Crippen LogP contribution in [0.25, 0.3) is 0 Å². The summed E-state index contributed by atoms with van der Waals surface area (Å²) in [6, 6.07) is 0. The van der Waals surface area contributed by atoms with Gasteiger partial charge >= 0.3 is 41.3 Å². The molecule has 0 amide bonds. The van der Waals surface area contributed by atoms with Crippen LogP contribution >= 0.6 is 0 Å². The normalized spacial score (nSPS) is 14.3. The monoisotopic (exact) mass is 346 g/mol. The number of hydrogen-bond acceptors (Lipinski definition) is 0. The molecule has 0 N–H and O–H groups in total. The summed E-state index contributed by atoms with van der Waals surface area (Å²) in [5, 5.41) is 0. The summed E-state index contributed by atoms with van der Waals surface area (Å²) in [4.78, 5) is 0. The van der Waals surface area contributed by atoms with Gasteiger partial charge in [0.15, 0.2) is 0 Å². The SMILES string of the molecule is CCCCCCC1=CC[C-]=C1.C[C](C)=[Zr+2].[C-]1=CC=CC1. The van der Waals surface area contributed by atoms with E-state index in [0.29, 0.717) is 0 Å². The van der Waals surface area contributed by atoms with E-state index < -0.39 is 0 Å². The Hall–Kier alpha value is -0.287. The average molecular weight is 348 g/mol. The third-order valence-electron chi connectivity index (χ3n) is 2.67. The van der Waals surface area contributed by atoms with E-state index in [1.807, 2.05) is 12.2 Å². The molecule has 0 heterocycles. The molecule has 0 aromatic heterocycles. The summed E-state index contributed by atoms with van der Waals surface area (Å²) >= 11 is 1.55. The number of allylic oxidation sites excluding steroid dienone is 8. The second-order valence-electron chi connectivity index (χ2n) is 5.15. The quantitative estimate of drug-likeness (QED) is 0.442. The van der Waals surface area contributed by atoms with Crippen LogP contribution in [-0.4, -0.2) is 3.21 Å². The van der Waals surface area contributed by atoms with Gasteiger partial charge in [0.1, 0.15) is 0 Å². The standard InChI is InChI=1S/C11H17.C5H5.C3H6.Zr/c1-2-3-4-5-8-11-9-6-7-10-11;1-2-4-5-3-1;1-3-2;/h9-10H,2-6,8H2,1H3;1-3H,4H2;1-2H3;/q2*-1;;+2. The molecular weight excluding hydrogens is 319 g/mol. The Morgan fingerprint density at radius 3 is 2.30 bits per heavy atom. The van der Waals surface area contributed by atoms with E-state index in [-0.39, 0.29) is 0 Å². The molecular formula is C19H28Zr. The third-order valence-corrected chi connectivity index (χ3v) is 2.67. The Kier molecular flexibility index (Phi) is 14.9. The van der Waals surface area contributed by atoms with Crippen molar-refractivity contribution in [2.45, 2.75) is 65.7 Å². The molecule has 0 saturated heterocycles. The van der Waals surface area contributed by atoms with Crippen LogP contribution in [0.2, 0.25) is 0 Å². The summed E-state index contributed by atoms with van der Waals surface area (Å²) in [5.74, 6) is 0. The topological polar surface area (TPSA) is 0 Å². The minimum atomic E-state index is 1.01. The first-order valence-corrected chi connectivity index (χ1v) is 8.88. The first-order chi connectivity index (χ1) is 9.66. The molecule has 0 radical (unpaired) electrons. The van der Waals surface area contributed by atoms with Crippen LogP contribution < -0.4 is 0 Å². The summed E-state index contributed by atoms with van der Waals surface area (Å²) in [5.41, 5.74) is 1.50. The van der Waals surface area contributed by atoms with Crippen LogP contribution in [0.1, 0.15) is 65.7 Å². The molecule has 108 valence electrons. The van der Waals surface area contributed by atoms with Gasteiger partial charge in [0.05, 0.1) is 0 Å². The maximum Gasteiger partial charge on any atom is -0.109 e. The van der Waals surface area contributed by atoms with Gasteiger partial charge in [-0.25, -0.2) is 23.8 Å². The van der Waals surface area contributed by atoms with Crippen molar-refractivity contribution in [2.24, 2.45) is 0 Å². The van der Waals surface area contributed by atoms with E-state index >= 15 is 0 Å². The molecule has 0 atom stereocenters. The number of rotatable bonds is 5. The molecule has 0 nitrogen and oxygen atoms in total. The average Bonchev–Trinajstić information content (AvgIpc) is 3.09. The number of hydrogen-bond donors (Lipinski definition) is 0. The van der Waals surface area contributed by atoms with Gasteiger partial charge in [0.25, 0.3) is 0 Å². The van der Waals surface area contributed by atoms with E-state index in [2.05, 4.69) is 51.2 Å². The van der Waals surface area contributed by atoms with Crippen LogP contribution in [0, 0.1) is 12.2 Å². The number of unbranched alkanes of at least 4 members (excludes halogenated alkanes) is 3. The fourth-order valence-corrected chi connectivity index (χ4v) is 1.71. The van der Waals surface area contributed by atoms with E-state index in [1.54, 1.807) is 24.2 Å². The van der Waals surface area contributed by atoms with Gasteiger partial charge < -0.3 is 0 Å². The van der Waals surface area contributed by atoms with Gasteiger partial charge in [-0.15, -0.1) is 12.8 Å². The molecule has 0 saturated carbocycles. The van der Waals surface area contributed by atoms with Crippen molar-refractivity contribution < 1.29 is 24.2 Å². The zero-order chi connectivity index (χ0) is 15.1. The van der Waals surface area contributed by atoms with Gasteiger partial charge in [-0.05, 0) is 0 Å². The van der Waals surface area contributed by atoms with Crippen molar-refractivity contribution >= 4 is 3.21 Å². The van der Waals surface area contributed by atoms with E-state index in [9.17, 15) is 0 Å². The van der Waals surface area contributed by atoms with Crippen LogP contribution in [0.15, 0.2) is 36.0 Å². The van der Waals surface area contributed by atoms with Crippen LogP contribution in [0.3, 0.4) is 0 Å². The Morgan fingerprint density at radius 2 is 1.90 bits per heavy atom. The molecule has 20 heavy (non-hydrogen) atoms. The van der Waals surface area contributed by atoms with Crippen LogP contribution in [-0.2, 0) is 24.2 Å². The molecule has 0 aromatic carbocycles. The minimum absolute atomic E-state index is 1.01. The Balaban J connectivity index is 0.000000331. The second kappa shape index (κ2) is 15.1. The van der Waals surface area contributed by atoms with Crippen molar-refractivity contribution in [3.63, 3.8) is 0 Å². The molecule has 2 aliphatic carbocycles. The fourth-order valence-electron chi connectivity index (χ4n) is 1.71. The minimum Gasteiger partial charge on any atom is -0.273 e. The van der Waals surface area contributed by atoms with Gasteiger partial charge in [0, 0.05) is 0 Å². The molecule has 1 heteroatoms. The van der Waals surface area contributed by atoms with E-state index in [1.165, 1.54) is 40.9 Å². The van der Waals surface area contributed by atoms with Gasteiger partial charge in [-0.1, -0.05) is 39.0 Å². The Morgan fingerprint density at radius 1 is 1.15 bits per heavy atom. The smallest absolute Gasteiger partial charge is 0.109 e. The van der Waals surface area contributed by atoms with E-state index in [0.717, 1.165) is 12.8 Å². The first kappa shape index (κ1) is 19.7. The third kappa shape index (κ3) is 15.8. The largest absolute Gasteiger partial charge is 0.273 e. The van der Waals surface area contributed by atoms with Gasteiger partial charge in [0.2, 0.25) is 0 Å². The zero-order valence-electron chi connectivity index (χ0n) is 13.3. The molecule has 0 unspecified atom stereocenters. The molecule has 0 spiro atoms. The van der Waals surface area contributed by atoms with Crippen molar-refractivity contribution in [3.8, 4) is 0 Å². The van der Waals surface area contributed by atoms with Crippen molar-refractivity contribution in [2.75, 3.05) is 0 Å². The molecule has 0 fully saturated rings. The molecule has 0 aromatic rings. The molecule has 0 bridgehead atoms. The Labute approximate surface area is 141 Å². The summed E-state index contributed by atoms with van der Waals surface area (Å²) in [6.45, 7) is 6.50. The predicted octanol–water partition coefficient (Wildman–Crippen LogP) is 5.70. The van der Waals surface area contributed by atoms with Gasteiger partial charge in [-0.3, -0.25) is 12.2 Å². The summed E-state index contributed by atoms with van der Waals surface area (Å²) in [6.07, 6.45) is 25.4. The second-order valence-corrected chi connectivity index (χ2v) is 7.60. The van der Waals surface area contributed by atoms with E-state index in [4.69, 9.17) is 0 Å². The van der Waals surface area contributed by atoms with Crippen molar-refractivity contribution in [1.29, 1.82) is 0 Å². The first-order valence-electron chi connectivity index (χ1n) is 7.66. The Bertz CT molecular complexity index is 342. The summed E-state index contributed by atoms with van der Waals surface area (Å²) in [7, 11) is 0. The predicted molar refractivity (Wildman–Crippen MR) is 87.2 cm³/mol. The maximum atomic E-state index is 3.20. The van der Waals surface area contributed by atoms with Crippen LogP contribution in [0.5, 0.6) is 0 Å². The molecule has 0 aliphatic heterocycles. The van der Waals surface area contributed by atoms with Gasteiger partial charge in [-0.2, -0.15) is 12.2 Å². The molecule has 2 aliphatic rings. The molecule has 2 rings (SSSR count). The maximum absolute atomic E-state index is 3.20. The zero-order valence-corrected chi connectivity index (χ0v) is 15.8. The summed E-state index contributed by atoms with van der Waals surface area (Å²) < 4.78 is 1.51. The van der Waals surface area contributed by atoms with Crippen molar-refractivity contribution in [1.82, 2.24) is 0 Å².